The Hall–Kier alpha value is -1.66. The Morgan fingerprint density at radius 1 is 0.778 bits per heavy atom. The fourth-order valence-corrected chi connectivity index (χ4v) is 10.9. The predicted molar refractivity (Wildman–Crippen MR) is 158 cm³/mol. The molecule has 2 aliphatic rings. The van der Waals surface area contributed by atoms with Gasteiger partial charge in [0.05, 0.1) is 0 Å². The minimum Gasteiger partial charge on any atom is -0.334 e. The number of benzene rings is 2. The molecule has 3 heteroatoms. The maximum atomic E-state index is 14.2. The molecule has 2 saturated carbocycles. The summed E-state index contributed by atoms with van der Waals surface area (Å²) in [4.78, 5) is 16.3. The first-order valence-corrected chi connectivity index (χ1v) is 16.1. The number of rotatable bonds is 7. The molecule has 0 radical (unpaired) electrons. The summed E-state index contributed by atoms with van der Waals surface area (Å²) in [6.45, 7) is 13.1. The smallest absolute Gasteiger partial charge is 0.254 e. The molecular formula is C33H48NOP. The minimum absolute atomic E-state index is 0.194. The van der Waals surface area contributed by atoms with E-state index in [1.165, 1.54) is 91.8 Å². The first-order chi connectivity index (χ1) is 17.3. The highest BCUT2D eigenvalue weighted by Gasteiger charge is 2.36. The van der Waals surface area contributed by atoms with Gasteiger partial charge in [0, 0.05) is 17.6 Å². The molecule has 2 aromatic carbocycles. The van der Waals surface area contributed by atoms with E-state index in [1.54, 1.807) is 0 Å². The van der Waals surface area contributed by atoms with E-state index in [-0.39, 0.29) is 25.9 Å². The average Bonchev–Trinajstić information content (AvgIpc) is 2.85. The predicted octanol–water partition coefficient (Wildman–Crippen LogP) is 9.00. The van der Waals surface area contributed by atoms with Crippen LogP contribution in [0.3, 0.4) is 0 Å². The Morgan fingerprint density at radius 2 is 1.28 bits per heavy atom. The fraction of sp³-hybridized carbons (Fsp3) is 0.606. The number of hydrogen-bond acceptors (Lipinski definition) is 1. The van der Waals surface area contributed by atoms with Crippen molar-refractivity contribution >= 4 is 19.1 Å². The summed E-state index contributed by atoms with van der Waals surface area (Å²) in [5.74, 6) is 0.238. The van der Waals surface area contributed by atoms with Gasteiger partial charge in [-0.1, -0.05) is 70.7 Å². The topological polar surface area (TPSA) is 20.3 Å². The highest BCUT2D eigenvalue weighted by Crippen LogP contribution is 2.56. The highest BCUT2D eigenvalue weighted by molar-refractivity contribution is 7.67. The van der Waals surface area contributed by atoms with Crippen LogP contribution in [0.1, 0.15) is 113 Å². The lowest BCUT2D eigenvalue weighted by Gasteiger charge is -2.40. The van der Waals surface area contributed by atoms with Crippen LogP contribution in [-0.4, -0.2) is 34.2 Å². The number of carbonyl (C=O) groups is 1. The van der Waals surface area contributed by atoms with Gasteiger partial charge in [-0.3, -0.25) is 4.79 Å². The van der Waals surface area contributed by atoms with Gasteiger partial charge in [-0.25, -0.2) is 0 Å². The third-order valence-corrected chi connectivity index (χ3v) is 12.1. The molecule has 0 bridgehead atoms. The zero-order valence-corrected chi connectivity index (χ0v) is 24.5. The van der Waals surface area contributed by atoms with Crippen LogP contribution in [0.5, 0.6) is 0 Å². The van der Waals surface area contributed by atoms with Gasteiger partial charge in [-0.05, 0) is 118 Å². The molecule has 1 amide bonds. The van der Waals surface area contributed by atoms with E-state index in [9.17, 15) is 4.79 Å². The summed E-state index contributed by atoms with van der Waals surface area (Å²) in [5, 5.41) is 1.42. The van der Waals surface area contributed by atoms with E-state index >= 15 is 0 Å². The van der Waals surface area contributed by atoms with Crippen molar-refractivity contribution in [2.45, 2.75) is 129 Å². The van der Waals surface area contributed by atoms with Gasteiger partial charge in [0.1, 0.15) is 0 Å². The second-order valence-electron chi connectivity index (χ2n) is 11.9. The van der Waals surface area contributed by atoms with E-state index in [1.807, 2.05) is 0 Å². The maximum absolute atomic E-state index is 14.2. The molecule has 0 saturated heterocycles. The van der Waals surface area contributed by atoms with Crippen molar-refractivity contribution in [1.29, 1.82) is 0 Å². The summed E-state index contributed by atoms with van der Waals surface area (Å²) < 4.78 is 0. The van der Waals surface area contributed by atoms with Gasteiger partial charge in [-0.15, -0.1) is 0 Å². The van der Waals surface area contributed by atoms with Gasteiger partial charge < -0.3 is 4.90 Å². The third-order valence-electron chi connectivity index (χ3n) is 8.56. The first kappa shape index (κ1) is 27.4. The highest BCUT2D eigenvalue weighted by atomic mass is 31.1. The Bertz CT molecular complexity index is 984. The van der Waals surface area contributed by atoms with Crippen LogP contribution in [0.15, 0.2) is 36.4 Å². The van der Waals surface area contributed by atoms with Crippen LogP contribution < -0.4 is 5.30 Å². The largest absolute Gasteiger partial charge is 0.334 e. The van der Waals surface area contributed by atoms with Gasteiger partial charge in [0.15, 0.2) is 0 Å². The fourth-order valence-electron chi connectivity index (χ4n) is 6.97. The van der Waals surface area contributed by atoms with Crippen LogP contribution in [0, 0.1) is 13.8 Å². The van der Waals surface area contributed by atoms with Crippen molar-refractivity contribution in [2.75, 3.05) is 0 Å². The molecule has 2 nitrogen and oxygen atoms in total. The van der Waals surface area contributed by atoms with E-state index in [0.717, 1.165) is 16.9 Å². The second kappa shape index (κ2) is 12.3. The summed E-state index contributed by atoms with van der Waals surface area (Å²) in [6, 6.07) is 13.9. The van der Waals surface area contributed by atoms with Crippen LogP contribution in [0.2, 0.25) is 0 Å². The zero-order valence-electron chi connectivity index (χ0n) is 23.6. The second-order valence-corrected chi connectivity index (χ2v) is 14.6. The summed E-state index contributed by atoms with van der Waals surface area (Å²) in [6.07, 6.45) is 13.6. The molecular weight excluding hydrogens is 457 g/mol. The summed E-state index contributed by atoms with van der Waals surface area (Å²) in [7, 11) is -0.382. The van der Waals surface area contributed by atoms with Crippen molar-refractivity contribution in [3.05, 3.63) is 53.1 Å². The van der Waals surface area contributed by atoms with E-state index in [2.05, 4.69) is 82.8 Å². The van der Waals surface area contributed by atoms with Crippen molar-refractivity contribution in [1.82, 2.24) is 4.90 Å². The molecule has 0 atom stereocenters. The molecule has 2 aromatic rings. The third kappa shape index (κ3) is 5.91. The number of carbonyl (C=O) groups excluding carboxylic acids is 1. The summed E-state index contributed by atoms with van der Waals surface area (Å²) in [5.41, 5.74) is 7.83. The molecule has 0 aromatic heterocycles. The van der Waals surface area contributed by atoms with E-state index in [0.29, 0.717) is 0 Å². The van der Waals surface area contributed by atoms with Crippen molar-refractivity contribution in [2.24, 2.45) is 0 Å². The number of nitrogens with zero attached hydrogens (tertiary/aromatic N) is 1. The molecule has 0 heterocycles. The van der Waals surface area contributed by atoms with Crippen molar-refractivity contribution < 1.29 is 4.79 Å². The van der Waals surface area contributed by atoms with Gasteiger partial charge >= 0.3 is 0 Å². The SMILES string of the molecule is Cc1cccc(C)c1-c1ccc(C(=O)N(C(C)C)C(C)C)c(P(C2CCCCC2)C2CCCCC2)c1. The Morgan fingerprint density at radius 3 is 1.75 bits per heavy atom. The lowest BCUT2D eigenvalue weighted by molar-refractivity contribution is 0.0645. The number of aryl methyl sites for hydroxylation is 2. The van der Waals surface area contributed by atoms with Crippen LogP contribution >= 0.6 is 7.92 Å². The molecule has 0 N–H and O–H groups in total. The molecule has 0 unspecified atom stereocenters. The molecule has 0 aliphatic heterocycles. The Labute approximate surface area is 222 Å². The standard InChI is InChI=1S/C33H48NOP/c1-23(2)34(24(3)4)33(35)30-21-20-27(32-25(5)14-13-15-26(32)6)22-31(30)36(28-16-9-7-10-17-28)29-18-11-8-12-19-29/h13-15,20-24,28-29H,7-12,16-19H2,1-6H3. The lowest BCUT2D eigenvalue weighted by Crippen LogP contribution is -2.44. The number of hydrogen-bond donors (Lipinski definition) is 0. The molecule has 2 aliphatic carbocycles. The van der Waals surface area contributed by atoms with Gasteiger partial charge in [0.2, 0.25) is 0 Å². The molecule has 0 spiro atoms. The van der Waals surface area contributed by atoms with Crippen LogP contribution in [-0.2, 0) is 0 Å². The first-order valence-electron chi connectivity index (χ1n) is 14.6. The quantitative estimate of drug-likeness (QED) is 0.344. The maximum Gasteiger partial charge on any atom is 0.254 e. The summed E-state index contributed by atoms with van der Waals surface area (Å²) >= 11 is 0. The minimum atomic E-state index is -0.382. The number of amides is 1. The molecule has 196 valence electrons. The lowest BCUT2D eigenvalue weighted by atomic mass is 9.95. The molecule has 4 rings (SSSR count). The molecule has 36 heavy (non-hydrogen) atoms. The molecule has 2 fully saturated rings. The van der Waals surface area contributed by atoms with E-state index < -0.39 is 0 Å². The van der Waals surface area contributed by atoms with Gasteiger partial charge in [0.25, 0.3) is 5.91 Å². The monoisotopic (exact) mass is 505 g/mol. The van der Waals surface area contributed by atoms with Crippen LogP contribution in [0.25, 0.3) is 11.1 Å². The average molecular weight is 506 g/mol. The van der Waals surface area contributed by atoms with Crippen LogP contribution in [0.4, 0.5) is 0 Å². The van der Waals surface area contributed by atoms with Crippen molar-refractivity contribution in [3.63, 3.8) is 0 Å². The Kier molecular flexibility index (Phi) is 9.32. The zero-order chi connectivity index (χ0) is 25.8. The van der Waals surface area contributed by atoms with E-state index in [4.69, 9.17) is 0 Å². The Balaban J connectivity index is 1.90. The van der Waals surface area contributed by atoms with Crippen molar-refractivity contribution in [3.8, 4) is 11.1 Å². The van der Waals surface area contributed by atoms with Gasteiger partial charge in [-0.2, -0.15) is 0 Å². The normalized spacial score (nSPS) is 17.8.